The zero-order chi connectivity index (χ0) is 22.7. The molecule has 0 N–H and O–H groups in total. The number of aromatic nitrogens is 2. The summed E-state index contributed by atoms with van der Waals surface area (Å²) in [4.78, 5) is 11.7. The van der Waals surface area contributed by atoms with Gasteiger partial charge in [0.1, 0.15) is 0 Å². The van der Waals surface area contributed by atoms with E-state index in [1.165, 1.54) is 84.0 Å². The highest BCUT2D eigenvalue weighted by molar-refractivity contribution is 5.94. The van der Waals surface area contributed by atoms with Gasteiger partial charge in [0.15, 0.2) is 0 Å². The van der Waals surface area contributed by atoms with Crippen molar-refractivity contribution in [2.45, 2.75) is 25.7 Å². The summed E-state index contributed by atoms with van der Waals surface area (Å²) >= 11 is 0. The van der Waals surface area contributed by atoms with Crippen LogP contribution in [-0.2, 0) is 25.7 Å². The Hall–Kier alpha value is -4.24. The summed E-state index contributed by atoms with van der Waals surface area (Å²) in [5.74, 6) is 0. The van der Waals surface area contributed by atoms with Crippen molar-refractivity contribution in [1.82, 2.24) is 9.97 Å². The molecule has 2 aliphatic carbocycles. The number of fused-ring (bicyclic) bond motifs is 11. The van der Waals surface area contributed by atoms with Crippen molar-refractivity contribution in [2.75, 3.05) is 4.90 Å². The van der Waals surface area contributed by atoms with Crippen LogP contribution in [-0.4, -0.2) is 9.97 Å². The van der Waals surface area contributed by atoms with Crippen LogP contribution in [0, 0.1) is 0 Å². The molecule has 3 aromatic carbocycles. The number of benzene rings is 3. The molecule has 164 valence electrons. The second-order valence-corrected chi connectivity index (χ2v) is 10.2. The van der Waals surface area contributed by atoms with Gasteiger partial charge in [-0.3, -0.25) is 9.97 Å². The fraction of sp³-hybridized carbons (Fsp3) is 0.125. The van der Waals surface area contributed by atoms with Crippen molar-refractivity contribution in [3.8, 4) is 22.3 Å². The predicted octanol–water partition coefficient (Wildman–Crippen LogP) is 6.90. The Morgan fingerprint density at radius 1 is 0.600 bits per heavy atom. The second kappa shape index (κ2) is 6.25. The second-order valence-electron chi connectivity index (χ2n) is 10.2. The molecule has 3 nitrogen and oxygen atoms in total. The minimum atomic E-state index is 0.889. The van der Waals surface area contributed by atoms with Crippen LogP contribution in [0.4, 0.5) is 17.1 Å². The third kappa shape index (κ3) is 2.26. The van der Waals surface area contributed by atoms with Gasteiger partial charge < -0.3 is 4.90 Å². The summed E-state index contributed by atoms with van der Waals surface area (Å²) < 4.78 is 0. The van der Waals surface area contributed by atoms with Gasteiger partial charge in [-0.15, -0.1) is 0 Å². The van der Waals surface area contributed by atoms with E-state index in [4.69, 9.17) is 4.98 Å². The van der Waals surface area contributed by atoms with Crippen LogP contribution in [0.25, 0.3) is 22.3 Å². The van der Waals surface area contributed by atoms with Gasteiger partial charge >= 0.3 is 0 Å². The van der Waals surface area contributed by atoms with E-state index in [0.717, 1.165) is 25.7 Å². The molecular formula is C32H21N3. The molecule has 9 rings (SSSR count). The first kappa shape index (κ1) is 18.1. The Labute approximate surface area is 203 Å². The van der Waals surface area contributed by atoms with E-state index in [2.05, 4.69) is 70.5 Å². The monoisotopic (exact) mass is 447 g/mol. The number of rotatable bonds is 0. The molecule has 0 amide bonds. The molecule has 0 spiro atoms. The lowest BCUT2D eigenvalue weighted by atomic mass is 9.88. The first-order valence-electron chi connectivity index (χ1n) is 12.4. The summed E-state index contributed by atoms with van der Waals surface area (Å²) in [6.07, 6.45) is 9.78. The van der Waals surface area contributed by atoms with Crippen molar-refractivity contribution in [3.63, 3.8) is 0 Å². The van der Waals surface area contributed by atoms with Gasteiger partial charge in [-0.1, -0.05) is 42.5 Å². The zero-order valence-electron chi connectivity index (χ0n) is 19.2. The van der Waals surface area contributed by atoms with Crippen molar-refractivity contribution < 1.29 is 0 Å². The lowest BCUT2D eigenvalue weighted by Gasteiger charge is -2.38. The molecule has 0 saturated carbocycles. The molecule has 0 unspecified atom stereocenters. The summed E-state index contributed by atoms with van der Waals surface area (Å²) in [7, 11) is 0. The van der Waals surface area contributed by atoms with Crippen LogP contribution < -0.4 is 4.90 Å². The van der Waals surface area contributed by atoms with Crippen LogP contribution in [0.15, 0.2) is 79.3 Å². The van der Waals surface area contributed by atoms with E-state index in [1.807, 2.05) is 18.6 Å². The average molecular weight is 448 g/mol. The Balaban J connectivity index is 1.28. The van der Waals surface area contributed by atoms with E-state index in [-0.39, 0.29) is 0 Å². The van der Waals surface area contributed by atoms with Crippen LogP contribution in [0.3, 0.4) is 0 Å². The first-order chi connectivity index (χ1) is 17.3. The fourth-order valence-electron chi connectivity index (χ4n) is 6.98. The van der Waals surface area contributed by atoms with Gasteiger partial charge in [-0.2, -0.15) is 0 Å². The Morgan fingerprint density at radius 2 is 1.54 bits per heavy atom. The largest absolute Gasteiger partial charge is 0.308 e. The van der Waals surface area contributed by atoms with Crippen molar-refractivity contribution in [2.24, 2.45) is 0 Å². The molecular weight excluding hydrogens is 426 g/mol. The molecule has 5 aromatic rings. The maximum absolute atomic E-state index is 4.83. The molecule has 0 atom stereocenters. The van der Waals surface area contributed by atoms with Crippen LogP contribution in [0.2, 0.25) is 0 Å². The van der Waals surface area contributed by atoms with Crippen LogP contribution in [0.5, 0.6) is 0 Å². The third-order valence-electron chi connectivity index (χ3n) is 8.43. The standard InChI is InChI=1S/C32H21N3/c1-2-4-24-18(3-1)11-19-5-6-25-26-16-30-22(13-21(26)14-27(25)31(19)24)15-28-32-20(7-10-34-28)12-23-17-33-9-8-29(23)35(30)32/h1-10,13,16-17H,11-12,14-15H2. The Morgan fingerprint density at radius 3 is 2.54 bits per heavy atom. The van der Waals surface area contributed by atoms with E-state index >= 15 is 0 Å². The van der Waals surface area contributed by atoms with Crippen molar-refractivity contribution >= 4 is 17.1 Å². The van der Waals surface area contributed by atoms with E-state index in [0.29, 0.717) is 0 Å². The molecule has 4 aliphatic rings. The summed E-state index contributed by atoms with van der Waals surface area (Å²) in [5, 5.41) is 0. The van der Waals surface area contributed by atoms with Crippen molar-refractivity contribution in [3.05, 3.63) is 124 Å². The molecule has 2 aliphatic heterocycles. The van der Waals surface area contributed by atoms with Gasteiger partial charge in [0.2, 0.25) is 0 Å². The highest BCUT2D eigenvalue weighted by Crippen LogP contribution is 2.53. The van der Waals surface area contributed by atoms with E-state index < -0.39 is 0 Å². The summed E-state index contributed by atoms with van der Waals surface area (Å²) in [6.45, 7) is 0. The maximum atomic E-state index is 4.83. The predicted molar refractivity (Wildman–Crippen MR) is 139 cm³/mol. The molecule has 2 aromatic heterocycles. The SMILES string of the molecule is c1ccc2c(c1)Cc1ccc3c(c1-2)Cc1cc2c(cc1-3)N1c3ccncc3Cc3ccnc(c31)C2. The van der Waals surface area contributed by atoms with E-state index in [9.17, 15) is 0 Å². The molecule has 0 radical (unpaired) electrons. The van der Waals surface area contributed by atoms with Crippen LogP contribution >= 0.6 is 0 Å². The normalized spacial score (nSPS) is 14.9. The minimum absolute atomic E-state index is 0.889. The van der Waals surface area contributed by atoms with Crippen molar-refractivity contribution in [1.29, 1.82) is 0 Å². The van der Waals surface area contributed by atoms with Gasteiger partial charge in [-0.25, -0.2) is 0 Å². The van der Waals surface area contributed by atoms with Crippen LogP contribution in [0.1, 0.15) is 44.6 Å². The molecule has 3 heteroatoms. The highest BCUT2D eigenvalue weighted by atomic mass is 15.2. The summed E-state index contributed by atoms with van der Waals surface area (Å²) in [5.41, 5.74) is 20.6. The fourth-order valence-corrected chi connectivity index (χ4v) is 6.98. The van der Waals surface area contributed by atoms with Gasteiger partial charge in [0.05, 0.1) is 22.8 Å². The van der Waals surface area contributed by atoms with Gasteiger partial charge in [0, 0.05) is 31.4 Å². The number of hydrogen-bond donors (Lipinski definition) is 0. The van der Waals surface area contributed by atoms with Gasteiger partial charge in [-0.05, 0) is 92.2 Å². The minimum Gasteiger partial charge on any atom is -0.308 e. The average Bonchev–Trinajstić information content (AvgIpc) is 3.45. The summed E-state index contributed by atoms with van der Waals surface area (Å²) in [6, 6.07) is 22.9. The van der Waals surface area contributed by atoms with E-state index in [1.54, 1.807) is 0 Å². The number of pyridine rings is 2. The molecule has 0 bridgehead atoms. The number of anilines is 3. The Kier molecular flexibility index (Phi) is 3.24. The lowest BCUT2D eigenvalue weighted by Crippen LogP contribution is -2.25. The molecule has 4 heterocycles. The smallest absolute Gasteiger partial charge is 0.0716 e. The topological polar surface area (TPSA) is 29.0 Å². The molecule has 0 fully saturated rings. The third-order valence-corrected chi connectivity index (χ3v) is 8.43. The quantitative estimate of drug-likeness (QED) is 0.253. The molecule has 35 heavy (non-hydrogen) atoms. The maximum Gasteiger partial charge on any atom is 0.0716 e. The lowest BCUT2D eigenvalue weighted by molar-refractivity contribution is 0.953. The number of hydrogen-bond acceptors (Lipinski definition) is 3. The highest BCUT2D eigenvalue weighted by Gasteiger charge is 2.35. The zero-order valence-corrected chi connectivity index (χ0v) is 19.2. The van der Waals surface area contributed by atoms with Gasteiger partial charge in [0.25, 0.3) is 0 Å². The first-order valence-corrected chi connectivity index (χ1v) is 12.4. The molecule has 0 saturated heterocycles. The number of nitrogens with zero attached hydrogens (tertiary/aromatic N) is 3. The Bertz CT molecular complexity index is 1760.